The standard InChI is InChI=1S/C53H38N2/c1-53(2)49-31-36-18-7-6-17-35(36)29-47(49)46-26-14-25-45(52(46)53)44-28-27-38(40-21-10-11-23-42(40)44)33-55-51(32-50(54)34-15-4-3-5-16-34)48-30-37-19-8-9-20-39(37)41-22-12-13-24-43(41)48/h3-33,54H,1-2H3/b51-32-,54-50?,55-33?. The molecule has 9 aromatic carbocycles. The molecule has 0 aromatic heterocycles. The summed E-state index contributed by atoms with van der Waals surface area (Å²) in [4.78, 5) is 5.27. The topological polar surface area (TPSA) is 36.2 Å². The quantitative estimate of drug-likeness (QED) is 0.132. The molecule has 0 aliphatic heterocycles. The summed E-state index contributed by atoms with van der Waals surface area (Å²) < 4.78 is 0. The second kappa shape index (κ2) is 12.9. The van der Waals surface area contributed by atoms with Gasteiger partial charge in [0.05, 0.1) is 11.4 Å². The first-order valence-corrected chi connectivity index (χ1v) is 19.0. The van der Waals surface area contributed by atoms with Crippen LogP contribution in [0.15, 0.2) is 187 Å². The summed E-state index contributed by atoms with van der Waals surface area (Å²) in [6, 6.07) is 62.6. The molecule has 1 aliphatic rings. The minimum absolute atomic E-state index is 0.169. The van der Waals surface area contributed by atoms with Crippen molar-refractivity contribution in [3.63, 3.8) is 0 Å². The molecule has 1 aliphatic carbocycles. The number of aliphatic imine (C=N–C) groups is 1. The molecule has 0 amide bonds. The van der Waals surface area contributed by atoms with Gasteiger partial charge >= 0.3 is 0 Å². The highest BCUT2D eigenvalue weighted by Gasteiger charge is 2.38. The van der Waals surface area contributed by atoms with Gasteiger partial charge in [-0.05, 0) is 106 Å². The predicted molar refractivity (Wildman–Crippen MR) is 235 cm³/mol. The van der Waals surface area contributed by atoms with E-state index in [0.29, 0.717) is 5.71 Å². The van der Waals surface area contributed by atoms with E-state index in [2.05, 4.69) is 159 Å². The molecule has 0 heterocycles. The fourth-order valence-corrected chi connectivity index (χ4v) is 8.89. The summed E-state index contributed by atoms with van der Waals surface area (Å²) in [6.45, 7) is 4.74. The van der Waals surface area contributed by atoms with Crippen LogP contribution in [0.4, 0.5) is 0 Å². The van der Waals surface area contributed by atoms with Crippen LogP contribution in [0.2, 0.25) is 0 Å². The summed E-state index contributed by atoms with van der Waals surface area (Å²) in [5.41, 5.74) is 11.8. The van der Waals surface area contributed by atoms with E-state index in [9.17, 15) is 0 Å². The molecule has 0 saturated heterocycles. The van der Waals surface area contributed by atoms with Crippen LogP contribution in [0.25, 0.3) is 71.0 Å². The van der Waals surface area contributed by atoms with Gasteiger partial charge in [0.15, 0.2) is 0 Å². The van der Waals surface area contributed by atoms with E-state index in [1.807, 2.05) is 42.6 Å². The molecule has 0 unspecified atom stereocenters. The zero-order chi connectivity index (χ0) is 37.1. The molecular weight excluding hydrogens is 665 g/mol. The highest BCUT2D eigenvalue weighted by Crippen LogP contribution is 2.53. The summed E-state index contributed by atoms with van der Waals surface area (Å²) in [7, 11) is 0. The van der Waals surface area contributed by atoms with E-state index < -0.39 is 0 Å². The number of hydrogen-bond acceptors (Lipinski definition) is 2. The maximum atomic E-state index is 9.15. The van der Waals surface area contributed by atoms with E-state index in [1.54, 1.807) is 0 Å². The third-order valence-corrected chi connectivity index (χ3v) is 11.5. The minimum atomic E-state index is -0.169. The number of benzene rings is 9. The van der Waals surface area contributed by atoms with Crippen LogP contribution in [0.3, 0.4) is 0 Å². The number of allylic oxidation sites excluding steroid dienone is 1. The van der Waals surface area contributed by atoms with E-state index in [1.165, 1.54) is 60.3 Å². The summed E-state index contributed by atoms with van der Waals surface area (Å²) in [6.07, 6.45) is 3.90. The number of fused-ring (bicyclic) bond motifs is 8. The van der Waals surface area contributed by atoms with E-state index in [4.69, 9.17) is 10.4 Å². The van der Waals surface area contributed by atoms with Crippen LogP contribution in [-0.2, 0) is 5.41 Å². The summed E-state index contributed by atoms with van der Waals surface area (Å²) in [5.74, 6) is 0. The largest absolute Gasteiger partial charge is 0.300 e. The summed E-state index contributed by atoms with van der Waals surface area (Å²) >= 11 is 0. The average Bonchev–Trinajstić information content (AvgIpc) is 3.46. The van der Waals surface area contributed by atoms with Gasteiger partial charge in [-0.25, -0.2) is 0 Å². The lowest BCUT2D eigenvalue weighted by Gasteiger charge is -2.25. The van der Waals surface area contributed by atoms with Crippen molar-refractivity contribution in [1.29, 1.82) is 5.41 Å². The Morgan fingerprint density at radius 2 is 1.09 bits per heavy atom. The molecule has 1 N–H and O–H groups in total. The van der Waals surface area contributed by atoms with Gasteiger partial charge < -0.3 is 5.41 Å². The maximum Gasteiger partial charge on any atom is 0.0730 e. The zero-order valence-electron chi connectivity index (χ0n) is 30.8. The van der Waals surface area contributed by atoms with Crippen LogP contribution in [0.1, 0.15) is 41.7 Å². The van der Waals surface area contributed by atoms with Crippen LogP contribution >= 0.6 is 0 Å². The van der Waals surface area contributed by atoms with Gasteiger partial charge in [0.2, 0.25) is 0 Å². The molecular formula is C53H38N2. The number of hydrogen-bond donors (Lipinski definition) is 1. The van der Waals surface area contributed by atoms with E-state index in [0.717, 1.165) is 38.5 Å². The Labute approximate surface area is 321 Å². The minimum Gasteiger partial charge on any atom is -0.300 e. The number of rotatable bonds is 6. The Bertz CT molecular complexity index is 3070. The second-order valence-corrected chi connectivity index (χ2v) is 15.1. The SMILES string of the molecule is CC1(C)c2cc3ccccc3cc2-c2cccc(-c3ccc(C=N/C(=C\C(=N)c4ccccc4)c4cc5ccccc5c5ccccc45)c4ccccc34)c21. The molecule has 0 bridgehead atoms. The predicted octanol–water partition coefficient (Wildman–Crippen LogP) is 13.8. The lowest BCUT2D eigenvalue weighted by molar-refractivity contribution is 0.663. The summed E-state index contributed by atoms with van der Waals surface area (Å²) in [5, 5.41) is 18.7. The molecule has 2 nitrogen and oxygen atoms in total. The van der Waals surface area contributed by atoms with Crippen molar-refractivity contribution in [2.75, 3.05) is 0 Å². The van der Waals surface area contributed by atoms with Gasteiger partial charge in [-0.2, -0.15) is 0 Å². The Morgan fingerprint density at radius 3 is 1.85 bits per heavy atom. The lowest BCUT2D eigenvalue weighted by Crippen LogP contribution is -2.16. The van der Waals surface area contributed by atoms with Crippen molar-refractivity contribution in [2.45, 2.75) is 19.3 Å². The fourth-order valence-electron chi connectivity index (χ4n) is 8.89. The Balaban J connectivity index is 1.13. The van der Waals surface area contributed by atoms with Crippen LogP contribution in [0, 0.1) is 5.41 Å². The molecule has 9 aromatic rings. The first-order chi connectivity index (χ1) is 27.0. The first-order valence-electron chi connectivity index (χ1n) is 19.0. The third kappa shape index (κ3) is 5.41. The average molecular weight is 703 g/mol. The van der Waals surface area contributed by atoms with Crippen molar-refractivity contribution in [3.05, 3.63) is 210 Å². The van der Waals surface area contributed by atoms with Gasteiger partial charge in [0.25, 0.3) is 0 Å². The monoisotopic (exact) mass is 702 g/mol. The lowest BCUT2D eigenvalue weighted by atomic mass is 9.78. The van der Waals surface area contributed by atoms with Crippen LogP contribution < -0.4 is 0 Å². The Kier molecular flexibility index (Phi) is 7.67. The van der Waals surface area contributed by atoms with Crippen molar-refractivity contribution >= 4 is 60.7 Å². The molecule has 0 spiro atoms. The Morgan fingerprint density at radius 1 is 0.491 bits per heavy atom. The van der Waals surface area contributed by atoms with E-state index >= 15 is 0 Å². The van der Waals surface area contributed by atoms with Crippen molar-refractivity contribution in [1.82, 2.24) is 0 Å². The van der Waals surface area contributed by atoms with Crippen molar-refractivity contribution < 1.29 is 0 Å². The molecule has 10 rings (SSSR count). The number of nitrogens with zero attached hydrogens (tertiary/aromatic N) is 1. The molecule has 55 heavy (non-hydrogen) atoms. The molecule has 0 atom stereocenters. The van der Waals surface area contributed by atoms with Crippen LogP contribution in [-0.4, -0.2) is 11.9 Å². The molecule has 0 radical (unpaired) electrons. The third-order valence-electron chi connectivity index (χ3n) is 11.5. The highest BCUT2D eigenvalue weighted by atomic mass is 14.7. The zero-order valence-corrected chi connectivity index (χ0v) is 30.8. The van der Waals surface area contributed by atoms with Gasteiger partial charge in [-0.3, -0.25) is 4.99 Å². The maximum absolute atomic E-state index is 9.15. The van der Waals surface area contributed by atoms with Gasteiger partial charge in [-0.15, -0.1) is 0 Å². The first kappa shape index (κ1) is 32.7. The van der Waals surface area contributed by atoms with Crippen molar-refractivity contribution in [2.24, 2.45) is 4.99 Å². The molecule has 260 valence electrons. The van der Waals surface area contributed by atoms with Gasteiger partial charge in [-0.1, -0.05) is 172 Å². The molecule has 2 heteroatoms. The smallest absolute Gasteiger partial charge is 0.0730 e. The van der Waals surface area contributed by atoms with Gasteiger partial charge in [0, 0.05) is 22.8 Å². The Hall–Kier alpha value is -6.90. The second-order valence-electron chi connectivity index (χ2n) is 15.1. The molecule has 0 fully saturated rings. The van der Waals surface area contributed by atoms with Crippen LogP contribution in [0.5, 0.6) is 0 Å². The van der Waals surface area contributed by atoms with Crippen molar-refractivity contribution in [3.8, 4) is 22.3 Å². The highest BCUT2D eigenvalue weighted by molar-refractivity contribution is 6.17. The normalized spacial score (nSPS) is 13.5. The number of nitrogens with one attached hydrogen (secondary N) is 1. The van der Waals surface area contributed by atoms with Gasteiger partial charge in [0.1, 0.15) is 0 Å². The fraction of sp³-hybridized carbons (Fsp3) is 0.0566. The molecule has 0 saturated carbocycles. The van der Waals surface area contributed by atoms with E-state index in [-0.39, 0.29) is 5.41 Å².